The second kappa shape index (κ2) is 10.5. The number of piperidine rings is 1. The number of anilines is 2. The first-order chi connectivity index (χ1) is 15.5. The van der Waals surface area contributed by atoms with Crippen molar-refractivity contribution in [2.45, 2.75) is 50.7 Å². The first-order valence-corrected chi connectivity index (χ1v) is 13.0. The molecular weight excluding hydrogens is 442 g/mol. The van der Waals surface area contributed by atoms with Gasteiger partial charge in [0, 0.05) is 37.6 Å². The first-order valence-electron chi connectivity index (χ1n) is 11.1. The fraction of sp³-hybridized carbons (Fsp3) is 0.522. The third kappa shape index (κ3) is 7.97. The number of rotatable bonds is 7. The van der Waals surface area contributed by atoms with Gasteiger partial charge in [0.1, 0.15) is 17.7 Å². The van der Waals surface area contributed by atoms with E-state index in [1.807, 2.05) is 26.8 Å². The average molecular weight is 476 g/mol. The Hall–Kier alpha value is -2.72. The van der Waals surface area contributed by atoms with Gasteiger partial charge in [-0.3, -0.25) is 0 Å². The monoisotopic (exact) mass is 475 g/mol. The summed E-state index contributed by atoms with van der Waals surface area (Å²) in [6, 6.07) is 8.41. The van der Waals surface area contributed by atoms with E-state index in [0.29, 0.717) is 31.4 Å². The van der Waals surface area contributed by atoms with Crippen LogP contribution in [0.15, 0.2) is 41.6 Å². The molecule has 1 aliphatic heterocycles. The van der Waals surface area contributed by atoms with Crippen LogP contribution < -0.4 is 10.6 Å². The molecule has 1 aliphatic rings. The summed E-state index contributed by atoms with van der Waals surface area (Å²) in [4.78, 5) is 22.8. The molecule has 180 valence electrons. The van der Waals surface area contributed by atoms with Crippen LogP contribution in [0.5, 0.6) is 0 Å². The number of carbonyl (C=O) groups excluding carboxylic acids is 1. The Morgan fingerprint density at radius 2 is 1.82 bits per heavy atom. The number of hydrogen-bond donors (Lipinski definition) is 2. The topological polar surface area (TPSA) is 114 Å². The quantitative estimate of drug-likeness (QED) is 0.627. The van der Waals surface area contributed by atoms with Gasteiger partial charge in [-0.05, 0) is 70.3 Å². The summed E-state index contributed by atoms with van der Waals surface area (Å²) in [5, 5.41) is 6.62. The number of benzene rings is 1. The molecule has 9 nitrogen and oxygen atoms in total. The second-order valence-corrected chi connectivity index (χ2v) is 11.4. The summed E-state index contributed by atoms with van der Waals surface area (Å²) < 4.78 is 28.6. The lowest BCUT2D eigenvalue weighted by Gasteiger charge is -2.33. The smallest absolute Gasteiger partial charge is 0.410 e. The van der Waals surface area contributed by atoms with Gasteiger partial charge in [0.25, 0.3) is 0 Å². The largest absolute Gasteiger partial charge is 0.444 e. The standard InChI is InChI=1S/C23H33N5O4S/c1-23(2,3)32-22(29)28-11-9-17(10-12-28)14-24-15-19-13-21(26-16-25-19)27-18-5-7-20(8-6-18)33(4,30)31/h5-8,13,16-17,24H,9-12,14-15H2,1-4H3,(H,25,26,27). The van der Waals surface area contributed by atoms with E-state index >= 15 is 0 Å². The first kappa shape index (κ1) is 24.9. The van der Waals surface area contributed by atoms with E-state index in [-0.39, 0.29) is 11.0 Å². The maximum absolute atomic E-state index is 12.2. The Balaban J connectivity index is 1.44. The van der Waals surface area contributed by atoms with Crippen LogP contribution in [0.3, 0.4) is 0 Å². The fourth-order valence-electron chi connectivity index (χ4n) is 3.55. The highest BCUT2D eigenvalue weighted by molar-refractivity contribution is 7.90. The van der Waals surface area contributed by atoms with E-state index in [9.17, 15) is 13.2 Å². The zero-order valence-corrected chi connectivity index (χ0v) is 20.5. The fourth-order valence-corrected chi connectivity index (χ4v) is 4.18. The summed E-state index contributed by atoms with van der Waals surface area (Å²) in [7, 11) is -3.22. The number of likely N-dealkylation sites (tertiary alicyclic amines) is 1. The maximum atomic E-state index is 12.2. The van der Waals surface area contributed by atoms with Gasteiger partial charge in [-0.25, -0.2) is 23.2 Å². The van der Waals surface area contributed by atoms with E-state index in [0.717, 1.165) is 30.8 Å². The lowest BCUT2D eigenvalue weighted by Crippen LogP contribution is -2.43. The summed E-state index contributed by atoms with van der Waals surface area (Å²) in [6.07, 6.45) is 4.33. The number of nitrogens with zero attached hydrogens (tertiary/aromatic N) is 3. The molecule has 0 radical (unpaired) electrons. The zero-order valence-electron chi connectivity index (χ0n) is 19.7. The van der Waals surface area contributed by atoms with Crippen LogP contribution in [-0.4, -0.2) is 60.9 Å². The van der Waals surface area contributed by atoms with Gasteiger partial charge in [-0.1, -0.05) is 0 Å². The van der Waals surface area contributed by atoms with Gasteiger partial charge in [-0.2, -0.15) is 0 Å². The molecule has 0 saturated carbocycles. The maximum Gasteiger partial charge on any atom is 0.410 e. The minimum absolute atomic E-state index is 0.235. The third-order valence-corrected chi connectivity index (χ3v) is 6.41. The second-order valence-electron chi connectivity index (χ2n) is 9.36. The van der Waals surface area contributed by atoms with E-state index in [2.05, 4.69) is 20.6 Å². The molecule has 1 amide bonds. The normalized spacial score (nSPS) is 15.3. The highest BCUT2D eigenvalue weighted by atomic mass is 32.2. The van der Waals surface area contributed by atoms with Crippen molar-refractivity contribution in [3.8, 4) is 0 Å². The molecule has 0 aliphatic carbocycles. The number of aromatic nitrogens is 2. The molecule has 3 rings (SSSR count). The lowest BCUT2D eigenvalue weighted by atomic mass is 9.97. The van der Waals surface area contributed by atoms with E-state index in [4.69, 9.17) is 4.74 Å². The van der Waals surface area contributed by atoms with Gasteiger partial charge in [0.05, 0.1) is 10.6 Å². The predicted molar refractivity (Wildman–Crippen MR) is 127 cm³/mol. The van der Waals surface area contributed by atoms with Gasteiger partial charge < -0.3 is 20.3 Å². The Morgan fingerprint density at radius 1 is 1.15 bits per heavy atom. The SMILES string of the molecule is CC(C)(C)OC(=O)N1CCC(CNCc2cc(Nc3ccc(S(C)(=O)=O)cc3)ncn2)CC1. The molecule has 33 heavy (non-hydrogen) atoms. The van der Waals surface area contributed by atoms with Crippen molar-refractivity contribution in [1.82, 2.24) is 20.2 Å². The van der Waals surface area contributed by atoms with Crippen LogP contribution in [0.4, 0.5) is 16.3 Å². The van der Waals surface area contributed by atoms with Crippen LogP contribution in [-0.2, 0) is 21.1 Å². The van der Waals surface area contributed by atoms with Crippen molar-refractivity contribution < 1.29 is 17.9 Å². The Kier molecular flexibility index (Phi) is 7.91. The molecular formula is C23H33N5O4S. The summed E-state index contributed by atoms with van der Waals surface area (Å²) in [5.41, 5.74) is 1.13. The van der Waals surface area contributed by atoms with Crippen molar-refractivity contribution in [2.24, 2.45) is 5.92 Å². The predicted octanol–water partition coefficient (Wildman–Crippen LogP) is 3.36. The number of nitrogens with one attached hydrogen (secondary N) is 2. The van der Waals surface area contributed by atoms with Crippen LogP contribution in [0, 0.1) is 5.92 Å². The number of sulfone groups is 1. The van der Waals surface area contributed by atoms with E-state index in [1.54, 1.807) is 29.2 Å². The number of ether oxygens (including phenoxy) is 1. The Morgan fingerprint density at radius 3 is 2.42 bits per heavy atom. The molecule has 2 N–H and O–H groups in total. The molecule has 2 heterocycles. The number of hydrogen-bond acceptors (Lipinski definition) is 8. The molecule has 1 aromatic carbocycles. The summed E-state index contributed by atoms with van der Waals surface area (Å²) in [5.74, 6) is 1.14. The number of carbonyl (C=O) groups is 1. The van der Waals surface area contributed by atoms with Crippen molar-refractivity contribution >= 4 is 27.4 Å². The number of amides is 1. The molecule has 0 bridgehead atoms. The van der Waals surface area contributed by atoms with Crippen LogP contribution in [0.2, 0.25) is 0 Å². The molecule has 10 heteroatoms. The molecule has 0 unspecified atom stereocenters. The van der Waals surface area contributed by atoms with Gasteiger partial charge in [0.15, 0.2) is 9.84 Å². The highest BCUT2D eigenvalue weighted by Gasteiger charge is 2.26. The average Bonchev–Trinajstić information content (AvgIpc) is 2.73. The molecule has 2 aromatic rings. The Bertz CT molecular complexity index is 1040. The zero-order chi connectivity index (χ0) is 24.1. The molecule has 1 saturated heterocycles. The van der Waals surface area contributed by atoms with Gasteiger partial charge in [-0.15, -0.1) is 0 Å². The lowest BCUT2D eigenvalue weighted by molar-refractivity contribution is 0.0184. The third-order valence-electron chi connectivity index (χ3n) is 5.28. The van der Waals surface area contributed by atoms with Gasteiger partial charge in [0.2, 0.25) is 0 Å². The summed E-state index contributed by atoms with van der Waals surface area (Å²) >= 11 is 0. The van der Waals surface area contributed by atoms with Crippen molar-refractivity contribution in [3.05, 3.63) is 42.4 Å². The van der Waals surface area contributed by atoms with Crippen LogP contribution in [0.25, 0.3) is 0 Å². The molecule has 0 atom stereocenters. The molecule has 1 aromatic heterocycles. The van der Waals surface area contributed by atoms with E-state index < -0.39 is 15.4 Å². The van der Waals surface area contributed by atoms with Crippen LogP contribution >= 0.6 is 0 Å². The van der Waals surface area contributed by atoms with E-state index in [1.165, 1.54) is 12.6 Å². The van der Waals surface area contributed by atoms with Crippen molar-refractivity contribution in [1.29, 1.82) is 0 Å². The van der Waals surface area contributed by atoms with Gasteiger partial charge >= 0.3 is 6.09 Å². The highest BCUT2D eigenvalue weighted by Crippen LogP contribution is 2.20. The van der Waals surface area contributed by atoms with Crippen LogP contribution in [0.1, 0.15) is 39.3 Å². The van der Waals surface area contributed by atoms with Crippen molar-refractivity contribution in [3.63, 3.8) is 0 Å². The minimum Gasteiger partial charge on any atom is -0.444 e. The molecule has 0 spiro atoms. The molecule has 1 fully saturated rings. The minimum atomic E-state index is -3.22. The van der Waals surface area contributed by atoms with Crippen molar-refractivity contribution in [2.75, 3.05) is 31.2 Å². The summed E-state index contributed by atoms with van der Waals surface area (Å²) in [6.45, 7) is 8.51. The Labute approximate surface area is 195 Å².